The maximum absolute atomic E-state index is 9.41. The topological polar surface area (TPSA) is 61.3 Å². The summed E-state index contributed by atoms with van der Waals surface area (Å²) in [4.78, 5) is 14.0. The smallest absolute Gasteiger partial charge is 0.138 e. The SMILES string of the molecule is CN(C)[C@H]1CC[C@H](Nc2ncnc3sc4c(c23)C(CCO)CC4)CC1. The van der Waals surface area contributed by atoms with Gasteiger partial charge in [0, 0.05) is 23.6 Å². The lowest BCUT2D eigenvalue weighted by Crippen LogP contribution is -2.36. The third-order valence-electron chi connectivity index (χ3n) is 5.98. The molecule has 0 aliphatic heterocycles. The largest absolute Gasteiger partial charge is 0.396 e. The van der Waals surface area contributed by atoms with Crippen LogP contribution in [-0.4, -0.2) is 52.8 Å². The molecule has 0 amide bonds. The van der Waals surface area contributed by atoms with E-state index in [0.29, 0.717) is 18.0 Å². The lowest BCUT2D eigenvalue weighted by molar-refractivity contribution is 0.221. The molecule has 25 heavy (non-hydrogen) atoms. The third-order valence-corrected chi connectivity index (χ3v) is 7.15. The Balaban J connectivity index is 1.58. The van der Waals surface area contributed by atoms with Crippen LogP contribution in [0.3, 0.4) is 0 Å². The van der Waals surface area contributed by atoms with Crippen molar-refractivity contribution in [3.05, 3.63) is 16.8 Å². The van der Waals surface area contributed by atoms with E-state index in [1.54, 1.807) is 6.33 Å². The summed E-state index contributed by atoms with van der Waals surface area (Å²) in [6.45, 7) is 0.256. The monoisotopic (exact) mass is 360 g/mol. The zero-order valence-corrected chi connectivity index (χ0v) is 16.0. The molecule has 1 atom stereocenters. The Morgan fingerprint density at radius 1 is 1.20 bits per heavy atom. The number of aryl methyl sites for hydroxylation is 1. The fourth-order valence-electron chi connectivity index (χ4n) is 4.55. The van der Waals surface area contributed by atoms with Crippen LogP contribution < -0.4 is 5.32 Å². The number of hydrogen-bond acceptors (Lipinski definition) is 6. The van der Waals surface area contributed by atoms with E-state index >= 15 is 0 Å². The highest BCUT2D eigenvalue weighted by Crippen LogP contribution is 2.46. The Labute approximate surface area is 153 Å². The van der Waals surface area contributed by atoms with Crippen molar-refractivity contribution < 1.29 is 5.11 Å². The minimum Gasteiger partial charge on any atom is -0.396 e. The van der Waals surface area contributed by atoms with E-state index in [1.165, 1.54) is 41.5 Å². The summed E-state index contributed by atoms with van der Waals surface area (Å²) < 4.78 is 0. The summed E-state index contributed by atoms with van der Waals surface area (Å²) in [6.07, 6.45) is 9.70. The summed E-state index contributed by atoms with van der Waals surface area (Å²) in [6, 6.07) is 1.21. The second kappa shape index (κ2) is 7.17. The molecule has 1 fully saturated rings. The van der Waals surface area contributed by atoms with Crippen molar-refractivity contribution in [2.75, 3.05) is 26.0 Å². The standard InChI is InChI=1S/C19H28N4OS/c1-23(2)14-6-4-13(5-7-14)22-18-17-16-12(9-10-24)3-8-15(16)25-19(17)21-11-20-18/h11-14,24H,3-10H2,1-2H3,(H,20,21,22)/t12?,13-,14-. The van der Waals surface area contributed by atoms with E-state index in [1.807, 2.05) is 11.3 Å². The molecule has 1 saturated carbocycles. The van der Waals surface area contributed by atoms with Gasteiger partial charge >= 0.3 is 0 Å². The van der Waals surface area contributed by atoms with E-state index in [0.717, 1.165) is 29.9 Å². The zero-order chi connectivity index (χ0) is 17.4. The minimum atomic E-state index is 0.256. The molecule has 2 N–H and O–H groups in total. The van der Waals surface area contributed by atoms with E-state index < -0.39 is 0 Å². The molecule has 136 valence electrons. The van der Waals surface area contributed by atoms with Crippen LogP contribution in [0.1, 0.15) is 54.9 Å². The molecule has 0 bridgehead atoms. The molecule has 5 nitrogen and oxygen atoms in total. The Hall–Kier alpha value is -1.24. The first-order valence-corrected chi connectivity index (χ1v) is 10.3. The molecule has 6 heteroatoms. The molecule has 0 radical (unpaired) electrons. The summed E-state index contributed by atoms with van der Waals surface area (Å²) in [7, 11) is 4.37. The van der Waals surface area contributed by atoms with Crippen LogP contribution in [0, 0.1) is 0 Å². The van der Waals surface area contributed by atoms with Crippen molar-refractivity contribution in [2.24, 2.45) is 0 Å². The van der Waals surface area contributed by atoms with Crippen LogP contribution >= 0.6 is 11.3 Å². The number of rotatable bonds is 5. The van der Waals surface area contributed by atoms with Gasteiger partial charge in [0.15, 0.2) is 0 Å². The van der Waals surface area contributed by atoms with E-state index in [4.69, 9.17) is 0 Å². The third kappa shape index (κ3) is 3.27. The molecule has 2 aliphatic carbocycles. The van der Waals surface area contributed by atoms with Gasteiger partial charge in [-0.15, -0.1) is 11.3 Å². The van der Waals surface area contributed by atoms with Gasteiger partial charge in [-0.2, -0.15) is 0 Å². The lowest BCUT2D eigenvalue weighted by atomic mass is 9.90. The predicted molar refractivity (Wildman–Crippen MR) is 104 cm³/mol. The first kappa shape index (κ1) is 17.2. The number of hydrogen-bond donors (Lipinski definition) is 2. The quantitative estimate of drug-likeness (QED) is 0.856. The van der Waals surface area contributed by atoms with E-state index in [9.17, 15) is 5.11 Å². The molecule has 2 aromatic heterocycles. The minimum absolute atomic E-state index is 0.256. The molecule has 0 aromatic carbocycles. The molecular formula is C19H28N4OS. The van der Waals surface area contributed by atoms with Crippen LogP contribution in [0.2, 0.25) is 0 Å². The van der Waals surface area contributed by atoms with Crippen LogP contribution in [-0.2, 0) is 6.42 Å². The summed E-state index contributed by atoms with van der Waals surface area (Å²) >= 11 is 1.82. The van der Waals surface area contributed by atoms with Gasteiger partial charge in [0.1, 0.15) is 17.0 Å². The van der Waals surface area contributed by atoms with Gasteiger partial charge in [-0.1, -0.05) is 0 Å². The molecule has 2 heterocycles. The number of fused-ring (bicyclic) bond motifs is 3. The van der Waals surface area contributed by atoms with Gasteiger partial charge in [-0.3, -0.25) is 0 Å². The Kier molecular flexibility index (Phi) is 4.93. The first-order valence-electron chi connectivity index (χ1n) is 9.47. The van der Waals surface area contributed by atoms with Crippen molar-refractivity contribution in [1.29, 1.82) is 0 Å². The summed E-state index contributed by atoms with van der Waals surface area (Å²) in [5.41, 5.74) is 1.42. The van der Waals surface area contributed by atoms with Gasteiger partial charge in [0.2, 0.25) is 0 Å². The molecule has 1 unspecified atom stereocenters. The Bertz CT molecular complexity index is 736. The second-order valence-electron chi connectivity index (χ2n) is 7.70. The first-order chi connectivity index (χ1) is 12.2. The second-order valence-corrected chi connectivity index (χ2v) is 8.79. The average Bonchev–Trinajstić information content (AvgIpc) is 3.16. The number of aromatic nitrogens is 2. The average molecular weight is 361 g/mol. The maximum Gasteiger partial charge on any atom is 0.138 e. The molecule has 0 spiro atoms. The van der Waals surface area contributed by atoms with Gasteiger partial charge in [-0.05, 0) is 70.5 Å². The van der Waals surface area contributed by atoms with Crippen LogP contribution in [0.15, 0.2) is 6.33 Å². The van der Waals surface area contributed by atoms with Gasteiger partial charge in [0.05, 0.1) is 5.39 Å². The molecule has 2 aliphatic rings. The Morgan fingerprint density at radius 3 is 2.72 bits per heavy atom. The highest BCUT2D eigenvalue weighted by atomic mass is 32.1. The van der Waals surface area contributed by atoms with Crippen molar-refractivity contribution in [2.45, 2.75) is 62.9 Å². The van der Waals surface area contributed by atoms with Crippen molar-refractivity contribution in [3.8, 4) is 0 Å². The van der Waals surface area contributed by atoms with Crippen LogP contribution in [0.4, 0.5) is 5.82 Å². The zero-order valence-electron chi connectivity index (χ0n) is 15.2. The molecule has 4 rings (SSSR count). The molecular weight excluding hydrogens is 332 g/mol. The van der Waals surface area contributed by atoms with E-state index in [2.05, 4.69) is 34.3 Å². The van der Waals surface area contributed by atoms with Crippen molar-refractivity contribution in [3.63, 3.8) is 0 Å². The van der Waals surface area contributed by atoms with Crippen molar-refractivity contribution >= 4 is 27.4 Å². The van der Waals surface area contributed by atoms with Gasteiger partial charge in [-0.25, -0.2) is 9.97 Å². The van der Waals surface area contributed by atoms with E-state index in [-0.39, 0.29) is 6.61 Å². The highest BCUT2D eigenvalue weighted by Gasteiger charge is 2.30. The number of nitrogens with zero attached hydrogens (tertiary/aromatic N) is 3. The van der Waals surface area contributed by atoms with Gasteiger partial charge in [0.25, 0.3) is 0 Å². The predicted octanol–water partition coefficient (Wildman–Crippen LogP) is 3.39. The van der Waals surface area contributed by atoms with Crippen LogP contribution in [0.25, 0.3) is 10.2 Å². The number of nitrogens with one attached hydrogen (secondary N) is 1. The fraction of sp³-hybridized carbons (Fsp3) is 0.684. The lowest BCUT2D eigenvalue weighted by Gasteiger charge is -2.33. The highest BCUT2D eigenvalue weighted by molar-refractivity contribution is 7.19. The van der Waals surface area contributed by atoms with Crippen molar-refractivity contribution in [1.82, 2.24) is 14.9 Å². The number of thiophene rings is 1. The summed E-state index contributed by atoms with van der Waals surface area (Å²) in [5.74, 6) is 1.48. The number of anilines is 1. The van der Waals surface area contributed by atoms with Crippen LogP contribution in [0.5, 0.6) is 0 Å². The normalized spacial score (nSPS) is 26.3. The van der Waals surface area contributed by atoms with Gasteiger partial charge < -0.3 is 15.3 Å². The number of aliphatic hydroxyl groups is 1. The summed E-state index contributed by atoms with van der Waals surface area (Å²) in [5, 5.41) is 14.4. The number of aliphatic hydroxyl groups excluding tert-OH is 1. The fourth-order valence-corrected chi connectivity index (χ4v) is 5.79. The molecule has 2 aromatic rings. The maximum atomic E-state index is 9.41. The molecule has 0 saturated heterocycles. The Morgan fingerprint density at radius 2 is 2.00 bits per heavy atom.